The number of carbonyl (C=O) groups is 1. The predicted octanol–water partition coefficient (Wildman–Crippen LogP) is 3.48. The second-order valence-electron chi connectivity index (χ2n) is 5.77. The van der Waals surface area contributed by atoms with Gasteiger partial charge in [0.25, 0.3) is 5.91 Å². The molecule has 0 saturated heterocycles. The highest BCUT2D eigenvalue weighted by Gasteiger charge is 2.18. The summed E-state index contributed by atoms with van der Waals surface area (Å²) < 4.78 is 2.02. The second kappa shape index (κ2) is 5.85. The number of hydrogen-bond acceptors (Lipinski definition) is 2. The Kier molecular flexibility index (Phi) is 3.54. The third-order valence-electron chi connectivity index (χ3n) is 4.28. The van der Waals surface area contributed by atoms with E-state index in [0.29, 0.717) is 18.8 Å². The SMILES string of the molecule is CCN(Cc1cnc2ccccn12)C(=O)c1cc2ccccc2[nH]1. The van der Waals surface area contributed by atoms with Gasteiger partial charge >= 0.3 is 0 Å². The first kappa shape index (κ1) is 14.5. The number of aromatic nitrogens is 3. The molecule has 0 aliphatic rings. The van der Waals surface area contributed by atoms with Gasteiger partial charge in [-0.15, -0.1) is 0 Å². The smallest absolute Gasteiger partial charge is 0.270 e. The summed E-state index contributed by atoms with van der Waals surface area (Å²) in [4.78, 5) is 22.3. The lowest BCUT2D eigenvalue weighted by molar-refractivity contribution is 0.0745. The Labute approximate surface area is 139 Å². The van der Waals surface area contributed by atoms with Gasteiger partial charge in [0, 0.05) is 23.6 Å². The molecule has 0 aliphatic heterocycles. The number of pyridine rings is 1. The van der Waals surface area contributed by atoms with Crippen molar-refractivity contribution in [2.45, 2.75) is 13.5 Å². The molecule has 0 atom stereocenters. The second-order valence-corrected chi connectivity index (χ2v) is 5.77. The number of aromatic amines is 1. The molecule has 3 aromatic heterocycles. The fourth-order valence-electron chi connectivity index (χ4n) is 2.98. The van der Waals surface area contributed by atoms with Crippen LogP contribution in [-0.2, 0) is 6.54 Å². The summed E-state index contributed by atoms with van der Waals surface area (Å²) in [6.07, 6.45) is 3.80. The molecular weight excluding hydrogens is 300 g/mol. The van der Waals surface area contributed by atoms with Crippen molar-refractivity contribution in [3.8, 4) is 0 Å². The summed E-state index contributed by atoms with van der Waals surface area (Å²) in [6, 6.07) is 15.7. The van der Waals surface area contributed by atoms with E-state index in [1.54, 1.807) is 0 Å². The number of benzene rings is 1. The highest BCUT2D eigenvalue weighted by Crippen LogP contribution is 2.17. The van der Waals surface area contributed by atoms with Gasteiger partial charge in [-0.1, -0.05) is 24.3 Å². The molecule has 0 bridgehead atoms. The minimum Gasteiger partial charge on any atom is -0.351 e. The summed E-state index contributed by atoms with van der Waals surface area (Å²) in [6.45, 7) is 3.15. The van der Waals surface area contributed by atoms with Crippen LogP contribution in [0.25, 0.3) is 16.6 Å². The third kappa shape index (κ3) is 2.44. The Morgan fingerprint density at radius 3 is 2.88 bits per heavy atom. The number of H-pyrrole nitrogens is 1. The molecule has 4 aromatic rings. The monoisotopic (exact) mass is 318 g/mol. The molecule has 5 heteroatoms. The first-order valence-electron chi connectivity index (χ1n) is 8.04. The number of fused-ring (bicyclic) bond motifs is 2. The van der Waals surface area contributed by atoms with Crippen molar-refractivity contribution in [2.75, 3.05) is 6.54 Å². The number of nitrogens with one attached hydrogen (secondary N) is 1. The summed E-state index contributed by atoms with van der Waals surface area (Å²) in [5, 5.41) is 1.05. The summed E-state index contributed by atoms with van der Waals surface area (Å²) >= 11 is 0. The van der Waals surface area contributed by atoms with Crippen molar-refractivity contribution >= 4 is 22.5 Å². The molecule has 1 aromatic carbocycles. The molecule has 5 nitrogen and oxygen atoms in total. The Balaban J connectivity index is 1.64. The largest absolute Gasteiger partial charge is 0.351 e. The van der Waals surface area contributed by atoms with Gasteiger partial charge in [-0.05, 0) is 31.2 Å². The van der Waals surface area contributed by atoms with Gasteiger partial charge in [-0.25, -0.2) is 4.98 Å². The fourth-order valence-corrected chi connectivity index (χ4v) is 2.98. The van der Waals surface area contributed by atoms with Gasteiger partial charge in [0.05, 0.1) is 18.4 Å². The molecule has 4 rings (SSSR count). The van der Waals surface area contributed by atoms with Gasteiger partial charge in [0.1, 0.15) is 11.3 Å². The third-order valence-corrected chi connectivity index (χ3v) is 4.28. The van der Waals surface area contributed by atoms with E-state index in [1.807, 2.05) is 77.1 Å². The zero-order valence-corrected chi connectivity index (χ0v) is 13.4. The number of amides is 1. The predicted molar refractivity (Wildman–Crippen MR) is 93.9 cm³/mol. The van der Waals surface area contributed by atoms with Crippen LogP contribution in [0.1, 0.15) is 23.1 Å². The first-order valence-corrected chi connectivity index (χ1v) is 8.04. The maximum absolute atomic E-state index is 12.9. The van der Waals surface area contributed by atoms with Gasteiger partial charge in [0.2, 0.25) is 0 Å². The van der Waals surface area contributed by atoms with Crippen molar-refractivity contribution in [2.24, 2.45) is 0 Å². The Bertz CT molecular complexity index is 981. The van der Waals surface area contributed by atoms with E-state index < -0.39 is 0 Å². The van der Waals surface area contributed by atoms with Crippen molar-refractivity contribution in [3.63, 3.8) is 0 Å². The van der Waals surface area contributed by atoms with Crippen LogP contribution in [0.15, 0.2) is 60.9 Å². The summed E-state index contributed by atoms with van der Waals surface area (Å²) in [5.41, 5.74) is 3.48. The number of imidazole rings is 1. The van der Waals surface area contributed by atoms with Crippen molar-refractivity contribution in [3.05, 3.63) is 72.3 Å². The standard InChI is InChI=1S/C19H18N4O/c1-2-22(13-15-12-20-18-9-5-6-10-23(15)18)19(24)17-11-14-7-3-4-8-16(14)21-17/h3-12,21H,2,13H2,1H3. The van der Waals surface area contributed by atoms with E-state index in [4.69, 9.17) is 0 Å². The van der Waals surface area contributed by atoms with E-state index >= 15 is 0 Å². The molecule has 1 N–H and O–H groups in total. The van der Waals surface area contributed by atoms with E-state index in [1.165, 1.54) is 0 Å². The first-order chi connectivity index (χ1) is 11.8. The number of carbonyl (C=O) groups excluding carboxylic acids is 1. The van der Waals surface area contributed by atoms with Crippen LogP contribution in [0, 0.1) is 0 Å². The Hall–Kier alpha value is -3.08. The van der Waals surface area contributed by atoms with Crippen molar-refractivity contribution in [1.29, 1.82) is 0 Å². The molecule has 120 valence electrons. The van der Waals surface area contributed by atoms with Gasteiger partial charge in [-0.2, -0.15) is 0 Å². The zero-order valence-electron chi connectivity index (χ0n) is 13.4. The van der Waals surface area contributed by atoms with Crippen LogP contribution < -0.4 is 0 Å². The molecule has 0 fully saturated rings. The molecule has 0 unspecified atom stereocenters. The van der Waals surface area contributed by atoms with E-state index in [0.717, 1.165) is 22.2 Å². The number of nitrogens with zero attached hydrogens (tertiary/aromatic N) is 3. The quantitative estimate of drug-likeness (QED) is 0.626. The molecule has 0 spiro atoms. The van der Waals surface area contributed by atoms with Gasteiger partial charge < -0.3 is 14.3 Å². The summed E-state index contributed by atoms with van der Waals surface area (Å²) in [7, 11) is 0. The number of rotatable bonds is 4. The van der Waals surface area contributed by atoms with Crippen LogP contribution in [-0.4, -0.2) is 31.7 Å². The lowest BCUT2D eigenvalue weighted by atomic mass is 10.2. The molecule has 0 aliphatic carbocycles. The lowest BCUT2D eigenvalue weighted by Gasteiger charge is -2.19. The molecule has 0 saturated carbocycles. The minimum absolute atomic E-state index is 0.000388. The maximum Gasteiger partial charge on any atom is 0.270 e. The number of hydrogen-bond donors (Lipinski definition) is 1. The zero-order chi connectivity index (χ0) is 16.5. The highest BCUT2D eigenvalue weighted by atomic mass is 16.2. The average Bonchev–Trinajstić information content (AvgIpc) is 3.23. The molecule has 1 amide bonds. The molecular formula is C19H18N4O. The Morgan fingerprint density at radius 2 is 2.04 bits per heavy atom. The van der Waals surface area contributed by atoms with Gasteiger partial charge in [-0.3, -0.25) is 4.79 Å². The molecule has 0 radical (unpaired) electrons. The molecule has 3 heterocycles. The average molecular weight is 318 g/mol. The summed E-state index contributed by atoms with van der Waals surface area (Å²) in [5.74, 6) is -0.000388. The van der Waals surface area contributed by atoms with Crippen LogP contribution in [0.3, 0.4) is 0 Å². The van der Waals surface area contributed by atoms with E-state index in [2.05, 4.69) is 9.97 Å². The van der Waals surface area contributed by atoms with Gasteiger partial charge in [0.15, 0.2) is 0 Å². The van der Waals surface area contributed by atoms with Crippen LogP contribution in [0.5, 0.6) is 0 Å². The highest BCUT2D eigenvalue weighted by molar-refractivity contribution is 5.98. The van der Waals surface area contributed by atoms with Crippen LogP contribution >= 0.6 is 0 Å². The number of para-hydroxylation sites is 1. The van der Waals surface area contributed by atoms with Crippen molar-refractivity contribution in [1.82, 2.24) is 19.3 Å². The lowest BCUT2D eigenvalue weighted by Crippen LogP contribution is -2.31. The normalized spacial score (nSPS) is 11.2. The topological polar surface area (TPSA) is 53.4 Å². The fraction of sp³-hybridized carbons (Fsp3) is 0.158. The van der Waals surface area contributed by atoms with Crippen molar-refractivity contribution < 1.29 is 4.79 Å². The molecule has 24 heavy (non-hydrogen) atoms. The maximum atomic E-state index is 12.9. The Morgan fingerprint density at radius 1 is 1.21 bits per heavy atom. The minimum atomic E-state index is -0.000388. The van der Waals surface area contributed by atoms with Crippen LogP contribution in [0.4, 0.5) is 0 Å². The van der Waals surface area contributed by atoms with Crippen LogP contribution in [0.2, 0.25) is 0 Å². The van der Waals surface area contributed by atoms with E-state index in [-0.39, 0.29) is 5.91 Å². The van der Waals surface area contributed by atoms with E-state index in [9.17, 15) is 4.79 Å².